The zero-order chi connectivity index (χ0) is 11.9. The Labute approximate surface area is 105 Å². The van der Waals surface area contributed by atoms with E-state index in [9.17, 15) is 8.42 Å². The molecule has 4 nitrogen and oxygen atoms in total. The van der Waals surface area contributed by atoms with Crippen molar-refractivity contribution in [2.24, 2.45) is 0 Å². The van der Waals surface area contributed by atoms with Crippen LogP contribution in [-0.2, 0) is 14.8 Å². The number of rotatable bonds is 2. The Morgan fingerprint density at radius 2 is 2.29 bits per heavy atom. The normalized spacial score (nSPS) is 30.4. The molecule has 2 unspecified atom stereocenters. The summed E-state index contributed by atoms with van der Waals surface area (Å²) in [6.45, 7) is 1.01. The smallest absolute Gasteiger partial charge is 0.252 e. The lowest BCUT2D eigenvalue weighted by Gasteiger charge is -2.36. The van der Waals surface area contributed by atoms with Crippen molar-refractivity contribution in [3.63, 3.8) is 0 Å². The van der Waals surface area contributed by atoms with E-state index in [4.69, 9.17) is 4.74 Å². The summed E-state index contributed by atoms with van der Waals surface area (Å²) in [4.78, 5) is 0. The van der Waals surface area contributed by atoms with Crippen LogP contribution in [-0.4, -0.2) is 38.0 Å². The van der Waals surface area contributed by atoms with Gasteiger partial charge in [0.05, 0.1) is 18.8 Å². The van der Waals surface area contributed by atoms with E-state index in [1.165, 1.54) is 11.3 Å². The third-order valence-corrected chi connectivity index (χ3v) is 6.79. The molecular weight excluding hydrogens is 258 g/mol. The van der Waals surface area contributed by atoms with Crippen LogP contribution in [0.5, 0.6) is 0 Å². The number of nitrogens with zero attached hydrogens (tertiary/aromatic N) is 1. The van der Waals surface area contributed by atoms with Crippen molar-refractivity contribution in [3.05, 3.63) is 17.5 Å². The summed E-state index contributed by atoms with van der Waals surface area (Å²) >= 11 is 1.29. The summed E-state index contributed by atoms with van der Waals surface area (Å²) in [5.74, 6) is 0. The number of hydrogen-bond acceptors (Lipinski definition) is 4. The van der Waals surface area contributed by atoms with Crippen molar-refractivity contribution in [3.8, 4) is 0 Å². The van der Waals surface area contributed by atoms with E-state index < -0.39 is 10.0 Å². The molecule has 2 heterocycles. The summed E-state index contributed by atoms with van der Waals surface area (Å²) in [5, 5.41) is 1.81. The fourth-order valence-electron chi connectivity index (χ4n) is 2.71. The Morgan fingerprint density at radius 1 is 1.41 bits per heavy atom. The first-order valence-corrected chi connectivity index (χ1v) is 8.18. The molecule has 0 N–H and O–H groups in total. The van der Waals surface area contributed by atoms with Gasteiger partial charge in [0, 0.05) is 6.54 Å². The van der Waals surface area contributed by atoms with Crippen LogP contribution in [0.25, 0.3) is 0 Å². The largest absolute Gasteiger partial charge is 0.375 e. The van der Waals surface area contributed by atoms with Crippen LogP contribution in [0.2, 0.25) is 0 Å². The van der Waals surface area contributed by atoms with Crippen molar-refractivity contribution in [1.29, 1.82) is 0 Å². The lowest BCUT2D eigenvalue weighted by Crippen LogP contribution is -2.50. The third-order valence-electron chi connectivity index (χ3n) is 3.49. The van der Waals surface area contributed by atoms with Crippen LogP contribution in [0.4, 0.5) is 0 Å². The van der Waals surface area contributed by atoms with Gasteiger partial charge in [-0.2, -0.15) is 4.31 Å². The summed E-state index contributed by atoms with van der Waals surface area (Å²) in [7, 11) is -3.30. The van der Waals surface area contributed by atoms with E-state index in [0.717, 1.165) is 19.3 Å². The lowest BCUT2D eigenvalue weighted by molar-refractivity contribution is -0.0241. The molecule has 17 heavy (non-hydrogen) atoms. The minimum absolute atomic E-state index is 0.0517. The molecule has 0 amide bonds. The standard InChI is InChI=1S/C11H15NO3S2/c13-17(14,11-5-2-8-16-11)12-6-7-15-10-4-1-3-9(10)12/h2,5,8-10H,1,3-4,6-7H2. The van der Waals surface area contributed by atoms with Crippen molar-refractivity contribution in [1.82, 2.24) is 4.31 Å². The maximum atomic E-state index is 12.5. The van der Waals surface area contributed by atoms with Gasteiger partial charge in [0.25, 0.3) is 10.0 Å². The predicted octanol–water partition coefficient (Wildman–Crippen LogP) is 1.69. The first kappa shape index (κ1) is 11.6. The van der Waals surface area contributed by atoms with Crippen LogP contribution < -0.4 is 0 Å². The molecule has 1 saturated carbocycles. The van der Waals surface area contributed by atoms with Gasteiger partial charge < -0.3 is 4.74 Å². The Kier molecular flexibility index (Phi) is 2.98. The first-order chi connectivity index (χ1) is 8.19. The van der Waals surface area contributed by atoms with Crippen LogP contribution in [0.1, 0.15) is 19.3 Å². The van der Waals surface area contributed by atoms with Gasteiger partial charge in [-0.25, -0.2) is 8.42 Å². The molecule has 0 spiro atoms. The molecule has 3 rings (SSSR count). The van der Waals surface area contributed by atoms with Crippen LogP contribution in [0.15, 0.2) is 21.7 Å². The molecule has 1 aromatic heterocycles. The molecule has 1 aromatic rings. The molecular formula is C11H15NO3S2. The lowest BCUT2D eigenvalue weighted by atomic mass is 10.2. The monoisotopic (exact) mass is 273 g/mol. The maximum absolute atomic E-state index is 12.5. The van der Waals surface area contributed by atoms with Gasteiger partial charge in [-0.05, 0) is 30.7 Å². The molecule has 1 saturated heterocycles. The van der Waals surface area contributed by atoms with Crippen LogP contribution in [0.3, 0.4) is 0 Å². The van der Waals surface area contributed by atoms with E-state index >= 15 is 0 Å². The molecule has 2 aliphatic rings. The Bertz CT molecular complexity index is 483. The average Bonchev–Trinajstić information content (AvgIpc) is 2.99. The van der Waals surface area contributed by atoms with Gasteiger partial charge in [0.2, 0.25) is 0 Å². The first-order valence-electron chi connectivity index (χ1n) is 5.86. The van der Waals surface area contributed by atoms with E-state index in [2.05, 4.69) is 0 Å². The summed E-state index contributed by atoms with van der Waals surface area (Å²) in [5.41, 5.74) is 0. The van der Waals surface area contributed by atoms with Gasteiger partial charge >= 0.3 is 0 Å². The van der Waals surface area contributed by atoms with Crippen molar-refractivity contribution in [2.75, 3.05) is 13.2 Å². The minimum atomic E-state index is -3.30. The molecule has 0 aromatic carbocycles. The van der Waals surface area contributed by atoms with Gasteiger partial charge in [0.15, 0.2) is 0 Å². The molecule has 1 aliphatic heterocycles. The number of hydrogen-bond donors (Lipinski definition) is 0. The van der Waals surface area contributed by atoms with E-state index in [1.807, 2.05) is 0 Å². The zero-order valence-corrected chi connectivity index (χ0v) is 11.0. The second kappa shape index (κ2) is 4.35. The second-order valence-corrected chi connectivity index (χ2v) is 7.52. The minimum Gasteiger partial charge on any atom is -0.375 e. The van der Waals surface area contributed by atoms with E-state index in [1.54, 1.807) is 21.8 Å². The quantitative estimate of drug-likeness (QED) is 0.824. The van der Waals surface area contributed by atoms with Crippen molar-refractivity contribution in [2.45, 2.75) is 35.6 Å². The van der Waals surface area contributed by atoms with Gasteiger partial charge in [-0.1, -0.05) is 6.07 Å². The Hall–Kier alpha value is -0.430. The molecule has 2 atom stereocenters. The summed E-state index contributed by atoms with van der Waals surface area (Å²) in [6, 6.07) is 3.51. The highest BCUT2D eigenvalue weighted by molar-refractivity contribution is 7.91. The SMILES string of the molecule is O=S(=O)(c1cccs1)N1CCOC2CCCC21. The van der Waals surface area contributed by atoms with E-state index in [-0.39, 0.29) is 12.1 Å². The van der Waals surface area contributed by atoms with Crippen molar-refractivity contribution < 1.29 is 13.2 Å². The van der Waals surface area contributed by atoms with E-state index in [0.29, 0.717) is 17.4 Å². The van der Waals surface area contributed by atoms with Crippen LogP contribution >= 0.6 is 11.3 Å². The highest BCUT2D eigenvalue weighted by atomic mass is 32.2. The molecule has 2 fully saturated rings. The molecule has 0 bridgehead atoms. The van der Waals surface area contributed by atoms with Crippen molar-refractivity contribution >= 4 is 21.4 Å². The predicted molar refractivity (Wildman–Crippen MR) is 65.6 cm³/mol. The number of thiophene rings is 1. The highest BCUT2D eigenvalue weighted by Gasteiger charge is 2.42. The van der Waals surface area contributed by atoms with Gasteiger partial charge in [-0.3, -0.25) is 0 Å². The zero-order valence-electron chi connectivity index (χ0n) is 9.41. The average molecular weight is 273 g/mol. The van der Waals surface area contributed by atoms with Gasteiger partial charge in [-0.15, -0.1) is 11.3 Å². The summed E-state index contributed by atoms with van der Waals surface area (Å²) in [6.07, 6.45) is 3.08. The fraction of sp³-hybridized carbons (Fsp3) is 0.636. The summed E-state index contributed by atoms with van der Waals surface area (Å²) < 4.78 is 32.7. The molecule has 1 aliphatic carbocycles. The fourth-order valence-corrected chi connectivity index (χ4v) is 5.50. The van der Waals surface area contributed by atoms with Gasteiger partial charge in [0.1, 0.15) is 4.21 Å². The number of ether oxygens (including phenoxy) is 1. The third kappa shape index (κ3) is 1.93. The second-order valence-electron chi connectivity index (χ2n) is 4.46. The Morgan fingerprint density at radius 3 is 3.06 bits per heavy atom. The number of morpholine rings is 1. The molecule has 0 radical (unpaired) electrons. The highest BCUT2D eigenvalue weighted by Crippen LogP contribution is 2.34. The molecule has 94 valence electrons. The Balaban J connectivity index is 1.93. The van der Waals surface area contributed by atoms with Crippen LogP contribution in [0, 0.1) is 0 Å². The number of sulfonamides is 1. The number of fused-ring (bicyclic) bond motifs is 1. The maximum Gasteiger partial charge on any atom is 0.252 e. The topological polar surface area (TPSA) is 46.6 Å². The molecule has 6 heteroatoms.